The maximum absolute atomic E-state index is 5.96. The second-order valence-corrected chi connectivity index (χ2v) is 4.83. The Balaban J connectivity index is 2.29. The number of nitrogens with one attached hydrogen (secondary N) is 1. The summed E-state index contributed by atoms with van der Waals surface area (Å²) in [5.74, 6) is 0.686. The second kappa shape index (κ2) is 5.69. The molecule has 0 aliphatic carbocycles. The summed E-state index contributed by atoms with van der Waals surface area (Å²) < 4.78 is 5.05. The van der Waals surface area contributed by atoms with Crippen LogP contribution >= 0.6 is 23.2 Å². The van der Waals surface area contributed by atoms with Gasteiger partial charge in [0, 0.05) is 13.2 Å². The summed E-state index contributed by atoms with van der Waals surface area (Å²) in [6, 6.07) is 3.57. The SMILES string of the molecule is COCC(C)Nc1cnc2cc(Cl)c(Cl)cc2n1. The molecule has 0 spiro atoms. The van der Waals surface area contributed by atoms with Crippen LogP contribution in [-0.2, 0) is 4.74 Å². The lowest BCUT2D eigenvalue weighted by Crippen LogP contribution is -2.21. The van der Waals surface area contributed by atoms with Crippen molar-refractivity contribution in [2.24, 2.45) is 0 Å². The molecule has 0 fully saturated rings. The molecular weight excluding hydrogens is 273 g/mol. The van der Waals surface area contributed by atoms with E-state index in [2.05, 4.69) is 15.3 Å². The molecule has 2 aromatic rings. The van der Waals surface area contributed by atoms with Crippen molar-refractivity contribution >= 4 is 40.1 Å². The van der Waals surface area contributed by atoms with Gasteiger partial charge >= 0.3 is 0 Å². The van der Waals surface area contributed by atoms with Crippen molar-refractivity contribution < 1.29 is 4.74 Å². The summed E-state index contributed by atoms with van der Waals surface area (Å²) in [6.45, 7) is 2.60. The first-order valence-corrected chi connectivity index (χ1v) is 6.23. The highest BCUT2D eigenvalue weighted by molar-refractivity contribution is 6.42. The van der Waals surface area contributed by atoms with E-state index in [0.29, 0.717) is 33.5 Å². The molecule has 0 aliphatic rings. The third-order valence-corrected chi connectivity index (χ3v) is 3.12. The number of anilines is 1. The lowest BCUT2D eigenvalue weighted by atomic mass is 10.3. The van der Waals surface area contributed by atoms with Gasteiger partial charge in [-0.25, -0.2) is 4.98 Å². The Morgan fingerprint density at radius 3 is 2.61 bits per heavy atom. The van der Waals surface area contributed by atoms with Crippen LogP contribution in [0.4, 0.5) is 5.82 Å². The fourth-order valence-corrected chi connectivity index (χ4v) is 1.94. The first-order valence-electron chi connectivity index (χ1n) is 5.47. The Hall–Kier alpha value is -1.10. The summed E-state index contributed by atoms with van der Waals surface area (Å²) in [6.07, 6.45) is 1.67. The zero-order valence-corrected chi connectivity index (χ0v) is 11.6. The molecule has 0 saturated carbocycles. The van der Waals surface area contributed by atoms with Crippen molar-refractivity contribution in [1.29, 1.82) is 0 Å². The van der Waals surface area contributed by atoms with Crippen molar-refractivity contribution in [2.75, 3.05) is 19.0 Å². The second-order valence-electron chi connectivity index (χ2n) is 4.01. The number of ether oxygens (including phenoxy) is 1. The molecule has 6 heteroatoms. The van der Waals surface area contributed by atoms with Gasteiger partial charge in [-0.05, 0) is 19.1 Å². The first kappa shape index (κ1) is 13.3. The molecule has 0 aliphatic heterocycles. The Morgan fingerprint density at radius 1 is 1.28 bits per heavy atom. The van der Waals surface area contributed by atoms with Crippen LogP contribution in [0.5, 0.6) is 0 Å². The molecule has 0 amide bonds. The number of aromatic nitrogens is 2. The maximum atomic E-state index is 5.96. The van der Waals surface area contributed by atoms with Crippen molar-refractivity contribution in [3.8, 4) is 0 Å². The van der Waals surface area contributed by atoms with Crippen LogP contribution in [-0.4, -0.2) is 29.7 Å². The molecule has 0 bridgehead atoms. The maximum Gasteiger partial charge on any atom is 0.145 e. The number of fused-ring (bicyclic) bond motifs is 1. The first-order chi connectivity index (χ1) is 8.60. The van der Waals surface area contributed by atoms with Crippen molar-refractivity contribution in [2.45, 2.75) is 13.0 Å². The van der Waals surface area contributed by atoms with Gasteiger partial charge in [0.15, 0.2) is 0 Å². The van der Waals surface area contributed by atoms with Gasteiger partial charge in [-0.3, -0.25) is 4.98 Å². The molecule has 96 valence electrons. The van der Waals surface area contributed by atoms with E-state index in [0.717, 1.165) is 0 Å². The molecule has 1 heterocycles. The fourth-order valence-electron chi connectivity index (χ4n) is 1.62. The van der Waals surface area contributed by atoms with Crippen molar-refractivity contribution in [3.05, 3.63) is 28.4 Å². The summed E-state index contributed by atoms with van der Waals surface area (Å²) in [5.41, 5.74) is 1.42. The van der Waals surface area contributed by atoms with Crippen LogP contribution in [0.1, 0.15) is 6.92 Å². The monoisotopic (exact) mass is 285 g/mol. The normalized spacial score (nSPS) is 12.7. The predicted molar refractivity (Wildman–Crippen MR) is 74.5 cm³/mol. The highest BCUT2D eigenvalue weighted by Gasteiger charge is 2.06. The molecule has 1 N–H and O–H groups in total. The number of hydrogen-bond donors (Lipinski definition) is 1. The summed E-state index contributed by atoms with van der Waals surface area (Å²) in [5, 5.41) is 4.15. The Bertz CT molecular complexity index is 562. The fraction of sp³-hybridized carbons (Fsp3) is 0.333. The van der Waals surface area contributed by atoms with Gasteiger partial charge in [-0.15, -0.1) is 0 Å². The third kappa shape index (κ3) is 3.02. The number of halogens is 2. The standard InChI is InChI=1S/C12H13Cl2N3O/c1-7(6-18-2)16-12-5-15-10-3-8(13)9(14)4-11(10)17-12/h3-5,7H,6H2,1-2H3,(H,16,17). The van der Waals surface area contributed by atoms with Gasteiger partial charge in [0.2, 0.25) is 0 Å². The highest BCUT2D eigenvalue weighted by Crippen LogP contribution is 2.26. The molecule has 1 aromatic carbocycles. The van der Waals surface area contributed by atoms with Gasteiger partial charge in [0.25, 0.3) is 0 Å². The molecule has 1 unspecified atom stereocenters. The van der Waals surface area contributed by atoms with E-state index < -0.39 is 0 Å². The number of benzene rings is 1. The summed E-state index contributed by atoms with van der Waals surface area (Å²) >= 11 is 11.9. The molecule has 18 heavy (non-hydrogen) atoms. The third-order valence-electron chi connectivity index (χ3n) is 2.40. The van der Waals surface area contributed by atoms with E-state index in [1.54, 1.807) is 25.4 Å². The number of hydrogen-bond acceptors (Lipinski definition) is 4. The zero-order chi connectivity index (χ0) is 13.1. The van der Waals surface area contributed by atoms with Crippen LogP contribution in [0, 0.1) is 0 Å². The quantitative estimate of drug-likeness (QED) is 0.936. The van der Waals surface area contributed by atoms with Gasteiger partial charge in [-0.1, -0.05) is 23.2 Å². The minimum Gasteiger partial charge on any atom is -0.383 e. The Morgan fingerprint density at radius 2 is 1.94 bits per heavy atom. The number of methoxy groups -OCH3 is 1. The van der Waals surface area contributed by atoms with Gasteiger partial charge < -0.3 is 10.1 Å². The predicted octanol–water partition coefficient (Wildman–Crippen LogP) is 3.38. The number of nitrogens with zero attached hydrogens (tertiary/aromatic N) is 2. The van der Waals surface area contributed by atoms with Crippen LogP contribution < -0.4 is 5.32 Å². The Kier molecular flexibility index (Phi) is 4.22. The molecule has 4 nitrogen and oxygen atoms in total. The van der Waals surface area contributed by atoms with E-state index in [-0.39, 0.29) is 6.04 Å². The summed E-state index contributed by atoms with van der Waals surface area (Å²) in [7, 11) is 1.66. The minimum absolute atomic E-state index is 0.157. The van der Waals surface area contributed by atoms with Crippen LogP contribution in [0.3, 0.4) is 0 Å². The molecule has 2 rings (SSSR count). The smallest absolute Gasteiger partial charge is 0.145 e. The molecular formula is C12H13Cl2N3O. The van der Waals surface area contributed by atoms with Gasteiger partial charge in [0.05, 0.1) is 33.9 Å². The minimum atomic E-state index is 0.157. The van der Waals surface area contributed by atoms with Crippen molar-refractivity contribution in [3.63, 3.8) is 0 Å². The average molecular weight is 286 g/mol. The van der Waals surface area contributed by atoms with Crippen molar-refractivity contribution in [1.82, 2.24) is 9.97 Å². The van der Waals surface area contributed by atoms with Gasteiger partial charge in [0.1, 0.15) is 5.82 Å². The Labute approximate surface area is 115 Å². The summed E-state index contributed by atoms with van der Waals surface area (Å²) in [4.78, 5) is 8.71. The topological polar surface area (TPSA) is 47.0 Å². The van der Waals surface area contributed by atoms with E-state index in [1.807, 2.05) is 6.92 Å². The lowest BCUT2D eigenvalue weighted by molar-refractivity contribution is 0.190. The van der Waals surface area contributed by atoms with E-state index in [9.17, 15) is 0 Å². The van der Waals surface area contributed by atoms with E-state index in [4.69, 9.17) is 27.9 Å². The average Bonchev–Trinajstić information content (AvgIpc) is 2.31. The number of rotatable bonds is 4. The van der Waals surface area contributed by atoms with Crippen LogP contribution in [0.2, 0.25) is 10.0 Å². The largest absolute Gasteiger partial charge is 0.383 e. The van der Waals surface area contributed by atoms with E-state index in [1.165, 1.54) is 0 Å². The molecule has 1 atom stereocenters. The lowest BCUT2D eigenvalue weighted by Gasteiger charge is -2.13. The van der Waals surface area contributed by atoms with Crippen LogP contribution in [0.15, 0.2) is 18.3 Å². The molecule has 0 saturated heterocycles. The zero-order valence-electron chi connectivity index (χ0n) is 10.1. The molecule has 0 radical (unpaired) electrons. The van der Waals surface area contributed by atoms with Crippen LogP contribution in [0.25, 0.3) is 11.0 Å². The van der Waals surface area contributed by atoms with E-state index >= 15 is 0 Å². The molecule has 1 aromatic heterocycles. The van der Waals surface area contributed by atoms with Gasteiger partial charge in [-0.2, -0.15) is 0 Å². The highest BCUT2D eigenvalue weighted by atomic mass is 35.5.